The number of para-hydroxylation sites is 1. The van der Waals surface area contributed by atoms with Crippen molar-refractivity contribution in [3.8, 4) is 0 Å². The molecule has 0 spiro atoms. The second kappa shape index (κ2) is 8.05. The number of benzene rings is 1. The molecule has 3 aromatic rings. The smallest absolute Gasteiger partial charge is 0.154 e. The molecule has 0 fully saturated rings. The average Bonchev–Trinajstić information content (AvgIpc) is 3.14. The predicted octanol–water partition coefficient (Wildman–Crippen LogP) is 2.19. The summed E-state index contributed by atoms with van der Waals surface area (Å²) in [5, 5.41) is 4.54. The number of fused-ring (bicyclic) bond motifs is 1. The molecule has 0 amide bonds. The van der Waals surface area contributed by atoms with Gasteiger partial charge in [-0.1, -0.05) is 18.2 Å². The number of rotatable bonds is 8. The molecule has 0 saturated heterocycles. The fourth-order valence-corrected chi connectivity index (χ4v) is 2.89. The molecule has 0 atom stereocenters. The highest BCUT2D eigenvalue weighted by molar-refractivity contribution is 6.01. The van der Waals surface area contributed by atoms with Gasteiger partial charge in [0.25, 0.3) is 0 Å². The minimum Gasteiger partial charge on any atom is -0.394 e. The van der Waals surface area contributed by atoms with Gasteiger partial charge in [0.05, 0.1) is 28.9 Å². The average molecular weight is 353 g/mol. The Morgan fingerprint density at radius 2 is 1.96 bits per heavy atom. The van der Waals surface area contributed by atoms with Crippen LogP contribution < -0.4 is 16.0 Å². The fourth-order valence-electron chi connectivity index (χ4n) is 2.89. The van der Waals surface area contributed by atoms with Crippen molar-refractivity contribution in [2.24, 2.45) is 0 Å². The fraction of sp³-hybridized carbons (Fsp3) is 0.368. The zero-order valence-corrected chi connectivity index (χ0v) is 15.7. The van der Waals surface area contributed by atoms with Crippen molar-refractivity contribution in [1.82, 2.24) is 19.9 Å². The van der Waals surface area contributed by atoms with Crippen LogP contribution in [0, 0.1) is 0 Å². The van der Waals surface area contributed by atoms with E-state index < -0.39 is 0 Å². The number of anilines is 3. The second-order valence-corrected chi connectivity index (χ2v) is 6.70. The number of imidazole rings is 1. The monoisotopic (exact) mass is 353 g/mol. The van der Waals surface area contributed by atoms with Crippen LogP contribution in [0.15, 0.2) is 36.8 Å². The van der Waals surface area contributed by atoms with Gasteiger partial charge in [0, 0.05) is 44.7 Å². The van der Waals surface area contributed by atoms with Crippen molar-refractivity contribution >= 4 is 28.1 Å². The van der Waals surface area contributed by atoms with Crippen LogP contribution in [-0.4, -0.2) is 60.6 Å². The lowest BCUT2D eigenvalue weighted by Crippen LogP contribution is -2.29. The summed E-state index contributed by atoms with van der Waals surface area (Å²) in [6.45, 7) is 2.55. The maximum Gasteiger partial charge on any atom is 0.154 e. The Morgan fingerprint density at radius 1 is 1.15 bits per heavy atom. The molecule has 7 nitrogen and oxygen atoms in total. The molecule has 0 unspecified atom stereocenters. The van der Waals surface area contributed by atoms with Gasteiger partial charge in [0.1, 0.15) is 0 Å². The Labute approximate surface area is 154 Å². The standard InChI is InChI=1S/C19H27N7/c1-25(2)10-11-26(3)19-17(20)18(15-6-4-5-7-16(15)24-19)22-9-8-14-12-21-13-23-14/h4-7,12-13H,8-11,20H2,1-3H3,(H,21,23)(H,22,24). The number of nitrogens with two attached hydrogens (primary N) is 1. The number of hydrogen-bond acceptors (Lipinski definition) is 6. The van der Waals surface area contributed by atoms with Crippen LogP contribution in [0.25, 0.3) is 10.9 Å². The zero-order chi connectivity index (χ0) is 18.5. The summed E-state index contributed by atoms with van der Waals surface area (Å²) in [6.07, 6.45) is 4.44. The van der Waals surface area contributed by atoms with Gasteiger partial charge in [-0.2, -0.15) is 0 Å². The third-order valence-electron chi connectivity index (χ3n) is 4.39. The summed E-state index contributed by atoms with van der Waals surface area (Å²) >= 11 is 0. The van der Waals surface area contributed by atoms with E-state index in [4.69, 9.17) is 10.7 Å². The highest BCUT2D eigenvalue weighted by atomic mass is 15.2. The lowest BCUT2D eigenvalue weighted by atomic mass is 10.1. The van der Waals surface area contributed by atoms with E-state index in [2.05, 4.69) is 45.2 Å². The Kier molecular flexibility index (Phi) is 5.58. The van der Waals surface area contributed by atoms with E-state index in [1.807, 2.05) is 31.4 Å². The minimum atomic E-state index is 0.687. The topological polar surface area (TPSA) is 86.1 Å². The molecular formula is C19H27N7. The zero-order valence-electron chi connectivity index (χ0n) is 15.7. The van der Waals surface area contributed by atoms with Crippen LogP contribution in [0.2, 0.25) is 0 Å². The second-order valence-electron chi connectivity index (χ2n) is 6.70. The van der Waals surface area contributed by atoms with E-state index in [-0.39, 0.29) is 0 Å². The van der Waals surface area contributed by atoms with Crippen LogP contribution in [0.1, 0.15) is 5.69 Å². The summed E-state index contributed by atoms with van der Waals surface area (Å²) in [5.74, 6) is 0.813. The van der Waals surface area contributed by atoms with Crippen molar-refractivity contribution in [3.63, 3.8) is 0 Å². The number of aromatic amines is 1. The molecule has 138 valence electrons. The molecule has 26 heavy (non-hydrogen) atoms. The van der Waals surface area contributed by atoms with Crippen molar-refractivity contribution in [2.45, 2.75) is 6.42 Å². The quantitative estimate of drug-likeness (QED) is 0.575. The maximum absolute atomic E-state index is 6.51. The Bertz CT molecular complexity index is 842. The summed E-state index contributed by atoms with van der Waals surface area (Å²) in [7, 11) is 6.16. The van der Waals surface area contributed by atoms with Crippen LogP contribution in [0.5, 0.6) is 0 Å². The van der Waals surface area contributed by atoms with Gasteiger partial charge in [0.2, 0.25) is 0 Å². The molecule has 2 aromatic heterocycles. The molecule has 7 heteroatoms. The number of H-pyrrole nitrogens is 1. The van der Waals surface area contributed by atoms with Crippen molar-refractivity contribution in [3.05, 3.63) is 42.5 Å². The van der Waals surface area contributed by atoms with E-state index >= 15 is 0 Å². The highest BCUT2D eigenvalue weighted by Gasteiger charge is 2.15. The van der Waals surface area contributed by atoms with Crippen LogP contribution in [0.4, 0.5) is 17.2 Å². The molecule has 1 aromatic carbocycles. The lowest BCUT2D eigenvalue weighted by Gasteiger charge is -2.24. The summed E-state index contributed by atoms with van der Waals surface area (Å²) in [4.78, 5) is 16.3. The molecule has 0 saturated carbocycles. The Balaban J connectivity index is 1.87. The Hall–Kier alpha value is -2.80. The van der Waals surface area contributed by atoms with Crippen LogP contribution in [-0.2, 0) is 6.42 Å². The van der Waals surface area contributed by atoms with E-state index in [0.29, 0.717) is 5.69 Å². The van der Waals surface area contributed by atoms with E-state index in [9.17, 15) is 0 Å². The first-order valence-electron chi connectivity index (χ1n) is 8.82. The third-order valence-corrected chi connectivity index (χ3v) is 4.39. The van der Waals surface area contributed by atoms with Gasteiger partial charge in [-0.25, -0.2) is 9.97 Å². The molecule has 0 bridgehead atoms. The van der Waals surface area contributed by atoms with Gasteiger partial charge >= 0.3 is 0 Å². The third kappa shape index (κ3) is 4.05. The molecule has 0 aliphatic heterocycles. The number of pyridine rings is 1. The number of nitrogen functional groups attached to an aromatic ring is 1. The summed E-state index contributed by atoms with van der Waals surface area (Å²) in [5.41, 5.74) is 10.1. The van der Waals surface area contributed by atoms with Crippen molar-refractivity contribution < 1.29 is 0 Å². The molecule has 3 rings (SSSR count). The van der Waals surface area contributed by atoms with Crippen LogP contribution >= 0.6 is 0 Å². The van der Waals surface area contributed by atoms with Crippen molar-refractivity contribution in [2.75, 3.05) is 56.7 Å². The number of nitrogens with one attached hydrogen (secondary N) is 2. The molecule has 0 aliphatic rings. The van der Waals surface area contributed by atoms with Crippen LogP contribution in [0.3, 0.4) is 0 Å². The summed E-state index contributed by atoms with van der Waals surface area (Å²) in [6, 6.07) is 8.09. The van der Waals surface area contributed by atoms with E-state index in [1.54, 1.807) is 6.33 Å². The Morgan fingerprint density at radius 3 is 2.69 bits per heavy atom. The predicted molar refractivity (Wildman–Crippen MR) is 109 cm³/mol. The largest absolute Gasteiger partial charge is 0.394 e. The maximum atomic E-state index is 6.51. The normalized spacial score (nSPS) is 11.2. The van der Waals surface area contributed by atoms with Crippen molar-refractivity contribution in [1.29, 1.82) is 0 Å². The number of likely N-dealkylation sites (N-methyl/N-ethyl adjacent to an activating group) is 2. The van der Waals surface area contributed by atoms with E-state index in [0.717, 1.165) is 54.2 Å². The van der Waals surface area contributed by atoms with Gasteiger partial charge in [-0.15, -0.1) is 0 Å². The molecule has 4 N–H and O–H groups in total. The molecule has 2 heterocycles. The van der Waals surface area contributed by atoms with Gasteiger partial charge < -0.3 is 25.8 Å². The SMILES string of the molecule is CN(C)CCN(C)c1nc2ccccc2c(NCCc2c[nH]cn2)c1N. The number of nitrogens with zero attached hydrogens (tertiary/aromatic N) is 4. The van der Waals surface area contributed by atoms with Gasteiger partial charge in [-0.05, 0) is 20.2 Å². The van der Waals surface area contributed by atoms with Gasteiger partial charge in [-0.3, -0.25) is 0 Å². The van der Waals surface area contributed by atoms with Gasteiger partial charge in [0.15, 0.2) is 5.82 Å². The lowest BCUT2D eigenvalue weighted by molar-refractivity contribution is 0.416. The number of hydrogen-bond donors (Lipinski definition) is 3. The molecular weight excluding hydrogens is 326 g/mol. The minimum absolute atomic E-state index is 0.687. The first kappa shape index (κ1) is 18.0. The molecule has 0 aliphatic carbocycles. The summed E-state index contributed by atoms with van der Waals surface area (Å²) < 4.78 is 0. The first-order chi connectivity index (χ1) is 12.6. The van der Waals surface area contributed by atoms with E-state index in [1.165, 1.54) is 0 Å². The highest BCUT2D eigenvalue weighted by Crippen LogP contribution is 2.35. The first-order valence-corrected chi connectivity index (χ1v) is 8.82. The number of aromatic nitrogens is 3. The molecule has 0 radical (unpaired) electrons.